The van der Waals surface area contributed by atoms with Gasteiger partial charge >= 0.3 is 7.60 Å². The molecule has 0 bridgehead atoms. The molecule has 2 aromatic carbocycles. The molecule has 2 aromatic rings. The van der Waals surface area contributed by atoms with Gasteiger partial charge in [0.1, 0.15) is 0 Å². The van der Waals surface area contributed by atoms with Crippen molar-refractivity contribution in [2.75, 3.05) is 20.3 Å². The summed E-state index contributed by atoms with van der Waals surface area (Å²) in [5.41, 5.74) is 2.04. The second-order valence-electron chi connectivity index (χ2n) is 11.2. The molecule has 3 atom stereocenters. The van der Waals surface area contributed by atoms with E-state index in [2.05, 4.69) is 5.32 Å². The second-order valence-corrected chi connectivity index (χ2v) is 13.8. The first-order chi connectivity index (χ1) is 20.6. The minimum absolute atomic E-state index is 0.0260. The molecule has 8 nitrogen and oxygen atoms in total. The van der Waals surface area contributed by atoms with Gasteiger partial charge in [-0.25, -0.2) is 0 Å². The molecular formula is C33H47ClN2O6P. The molecule has 237 valence electrons. The minimum Gasteiger partial charge on any atom is -0.379 e. The summed E-state index contributed by atoms with van der Waals surface area (Å²) in [6.07, 6.45) is 7.94. The SMILES string of the molecule is CCOP(=O)(OCC)C(O)[C@H](CCC(=O)N(C)Cc1ccccc1)NC(=O)[CH]C(Cc1cccc(Cl)c1)C1CCCCC1. The fourth-order valence-corrected chi connectivity index (χ4v) is 7.74. The highest BCUT2D eigenvalue weighted by Gasteiger charge is 2.41. The molecule has 1 radical (unpaired) electrons. The summed E-state index contributed by atoms with van der Waals surface area (Å²) in [4.78, 5) is 28.2. The average Bonchev–Trinajstić information content (AvgIpc) is 2.99. The van der Waals surface area contributed by atoms with Gasteiger partial charge in [0.25, 0.3) is 0 Å². The third-order valence-electron chi connectivity index (χ3n) is 7.97. The Morgan fingerprint density at radius 1 is 1.05 bits per heavy atom. The average molecular weight is 634 g/mol. The molecule has 0 spiro atoms. The number of carbonyl (C=O) groups excluding carboxylic acids is 2. The van der Waals surface area contributed by atoms with Gasteiger partial charge in [-0.2, -0.15) is 0 Å². The Balaban J connectivity index is 1.75. The standard InChI is InChI=1S/C33H47ClN2O6P/c1-4-41-43(40,42-5-2)33(39)30(19-20-32(38)36(3)24-25-13-8-6-9-14-25)35-31(37)23-28(27-16-10-7-11-17-27)21-26-15-12-18-29(34)22-26/h6,8-9,12-15,18,22-23,27-28,30,33,39H,4-5,7,10-11,16-17,19-21,24H2,1-3H3,(H,35,37)/t28?,30-,33?/m0/s1. The predicted molar refractivity (Wildman–Crippen MR) is 170 cm³/mol. The molecule has 3 rings (SSSR count). The Hall–Kier alpha value is -2.22. The van der Waals surface area contributed by atoms with Crippen molar-refractivity contribution < 1.29 is 28.3 Å². The number of hydrogen-bond acceptors (Lipinski definition) is 6. The van der Waals surface area contributed by atoms with Crippen molar-refractivity contribution >= 4 is 31.0 Å². The van der Waals surface area contributed by atoms with Crippen LogP contribution in [0, 0.1) is 18.3 Å². The highest BCUT2D eigenvalue weighted by Crippen LogP contribution is 2.53. The molecule has 0 aliphatic heterocycles. The Bertz CT molecular complexity index is 1180. The molecule has 0 aromatic heterocycles. The second kappa shape index (κ2) is 17.9. The Morgan fingerprint density at radius 3 is 2.33 bits per heavy atom. The van der Waals surface area contributed by atoms with E-state index < -0.39 is 19.5 Å². The number of carbonyl (C=O) groups is 2. The normalized spacial score (nSPS) is 16.3. The Morgan fingerprint density at radius 2 is 1.70 bits per heavy atom. The zero-order valence-electron chi connectivity index (χ0n) is 25.6. The number of hydrogen-bond donors (Lipinski definition) is 2. The molecule has 1 aliphatic rings. The van der Waals surface area contributed by atoms with Gasteiger partial charge in [-0.1, -0.05) is 86.2 Å². The van der Waals surface area contributed by atoms with Crippen molar-refractivity contribution in [3.8, 4) is 0 Å². The van der Waals surface area contributed by atoms with Crippen molar-refractivity contribution in [1.29, 1.82) is 0 Å². The summed E-state index contributed by atoms with van der Waals surface area (Å²) < 4.78 is 24.4. The van der Waals surface area contributed by atoms with E-state index in [4.69, 9.17) is 20.6 Å². The molecule has 10 heteroatoms. The number of rotatable bonds is 17. The van der Waals surface area contributed by atoms with Crippen LogP contribution in [0.1, 0.15) is 69.9 Å². The van der Waals surface area contributed by atoms with E-state index in [0.717, 1.165) is 36.8 Å². The summed E-state index contributed by atoms with van der Waals surface area (Å²) in [5.74, 6) is -1.89. The third-order valence-corrected chi connectivity index (χ3v) is 10.4. The zero-order chi connectivity index (χ0) is 31.2. The lowest BCUT2D eigenvalue weighted by molar-refractivity contribution is -0.131. The number of amides is 2. The maximum absolute atomic E-state index is 13.6. The van der Waals surface area contributed by atoms with Gasteiger partial charge in [0.2, 0.25) is 11.8 Å². The van der Waals surface area contributed by atoms with Crippen molar-refractivity contribution in [2.24, 2.45) is 11.8 Å². The Labute approximate surface area is 262 Å². The highest BCUT2D eigenvalue weighted by molar-refractivity contribution is 7.54. The quantitative estimate of drug-likeness (QED) is 0.186. The lowest BCUT2D eigenvalue weighted by atomic mass is 9.76. The smallest absolute Gasteiger partial charge is 0.360 e. The first-order valence-electron chi connectivity index (χ1n) is 15.4. The van der Waals surface area contributed by atoms with Crippen LogP contribution in [0.15, 0.2) is 54.6 Å². The van der Waals surface area contributed by atoms with E-state index in [1.165, 1.54) is 6.42 Å². The van der Waals surface area contributed by atoms with Gasteiger partial charge in [0.15, 0.2) is 5.85 Å². The third kappa shape index (κ3) is 11.3. The summed E-state index contributed by atoms with van der Waals surface area (Å²) in [6, 6.07) is 16.3. The summed E-state index contributed by atoms with van der Waals surface area (Å²) >= 11 is 6.25. The van der Waals surface area contributed by atoms with Crippen LogP contribution in [0.2, 0.25) is 5.02 Å². The largest absolute Gasteiger partial charge is 0.379 e. The molecule has 43 heavy (non-hydrogen) atoms. The minimum atomic E-state index is -3.99. The Kier molecular flexibility index (Phi) is 14.7. The fraction of sp³-hybridized carbons (Fsp3) is 0.545. The van der Waals surface area contributed by atoms with E-state index in [9.17, 15) is 19.3 Å². The highest BCUT2D eigenvalue weighted by atomic mass is 35.5. The van der Waals surface area contributed by atoms with Crippen LogP contribution in [-0.4, -0.2) is 54.0 Å². The number of aliphatic hydroxyl groups excluding tert-OH is 1. The number of nitrogens with one attached hydrogen (secondary N) is 1. The molecule has 1 aliphatic carbocycles. The summed E-state index contributed by atoms with van der Waals surface area (Å²) in [6.45, 7) is 3.86. The van der Waals surface area contributed by atoms with E-state index in [1.807, 2.05) is 54.6 Å². The van der Waals surface area contributed by atoms with Crippen LogP contribution in [0.4, 0.5) is 0 Å². The van der Waals surface area contributed by atoms with Crippen LogP contribution in [0.25, 0.3) is 0 Å². The number of halogens is 1. The van der Waals surface area contributed by atoms with Crippen molar-refractivity contribution in [1.82, 2.24) is 10.2 Å². The van der Waals surface area contributed by atoms with Gasteiger partial charge in [-0.3, -0.25) is 14.2 Å². The van der Waals surface area contributed by atoms with Crippen molar-refractivity contribution in [3.05, 3.63) is 77.2 Å². The summed E-state index contributed by atoms with van der Waals surface area (Å²) in [7, 11) is -2.28. The molecule has 0 saturated heterocycles. The van der Waals surface area contributed by atoms with Crippen LogP contribution in [0.5, 0.6) is 0 Å². The maximum Gasteiger partial charge on any atom is 0.360 e. The lowest BCUT2D eigenvalue weighted by Crippen LogP contribution is -2.45. The zero-order valence-corrected chi connectivity index (χ0v) is 27.3. The van der Waals surface area contributed by atoms with Crippen molar-refractivity contribution in [2.45, 2.75) is 83.6 Å². The maximum atomic E-state index is 13.6. The van der Waals surface area contributed by atoms with E-state index in [0.29, 0.717) is 23.9 Å². The number of aliphatic hydroxyl groups is 1. The lowest BCUT2D eigenvalue weighted by Gasteiger charge is -2.32. The molecule has 2 N–H and O–H groups in total. The first-order valence-corrected chi connectivity index (χ1v) is 17.4. The van der Waals surface area contributed by atoms with E-state index >= 15 is 0 Å². The van der Waals surface area contributed by atoms with Crippen LogP contribution >= 0.6 is 19.2 Å². The molecule has 0 heterocycles. The van der Waals surface area contributed by atoms with Crippen LogP contribution in [-0.2, 0) is 36.2 Å². The van der Waals surface area contributed by atoms with Gasteiger partial charge in [-0.05, 0) is 61.8 Å². The number of benzene rings is 2. The van der Waals surface area contributed by atoms with Crippen molar-refractivity contribution in [3.63, 3.8) is 0 Å². The van der Waals surface area contributed by atoms with Crippen LogP contribution in [0.3, 0.4) is 0 Å². The molecular weight excluding hydrogens is 587 g/mol. The molecule has 1 saturated carbocycles. The van der Waals surface area contributed by atoms with Gasteiger partial charge in [-0.15, -0.1) is 0 Å². The number of nitrogens with zero attached hydrogens (tertiary/aromatic N) is 1. The van der Waals surface area contributed by atoms with Gasteiger partial charge < -0.3 is 24.4 Å². The van der Waals surface area contributed by atoms with Gasteiger partial charge in [0.05, 0.1) is 25.7 Å². The predicted octanol–water partition coefficient (Wildman–Crippen LogP) is 6.79. The van der Waals surface area contributed by atoms with E-state index in [-0.39, 0.29) is 43.8 Å². The van der Waals surface area contributed by atoms with Crippen LogP contribution < -0.4 is 5.32 Å². The monoisotopic (exact) mass is 633 g/mol. The molecule has 1 fully saturated rings. The fourth-order valence-electron chi connectivity index (χ4n) is 5.77. The molecule has 2 amide bonds. The van der Waals surface area contributed by atoms with Gasteiger partial charge in [0, 0.05) is 25.0 Å². The molecule has 2 unspecified atom stereocenters. The topological polar surface area (TPSA) is 105 Å². The summed E-state index contributed by atoms with van der Waals surface area (Å²) in [5, 5.41) is 14.8. The van der Waals surface area contributed by atoms with E-state index in [1.54, 1.807) is 32.2 Å². The first kappa shape index (κ1) is 35.3.